The molecule has 0 unspecified atom stereocenters. The zero-order chi connectivity index (χ0) is 13.7. The molecule has 4 nitrogen and oxygen atoms in total. The highest BCUT2D eigenvalue weighted by molar-refractivity contribution is 8.00. The molecular formula is C14H17N3OS. The van der Waals surface area contributed by atoms with Crippen LogP contribution in [0.4, 0.5) is 0 Å². The van der Waals surface area contributed by atoms with Crippen LogP contribution in [0.1, 0.15) is 16.8 Å². The maximum Gasteiger partial charge on any atom is 0.230 e. The number of hydrogen-bond acceptors (Lipinski definition) is 3. The second kappa shape index (κ2) is 6.43. The lowest BCUT2D eigenvalue weighted by Crippen LogP contribution is -2.24. The summed E-state index contributed by atoms with van der Waals surface area (Å²) in [5.74, 6) is 0.468. The van der Waals surface area contributed by atoms with Crippen molar-refractivity contribution in [3.63, 3.8) is 0 Å². The van der Waals surface area contributed by atoms with Gasteiger partial charge >= 0.3 is 0 Å². The molecule has 0 aliphatic carbocycles. The van der Waals surface area contributed by atoms with Gasteiger partial charge in [0.2, 0.25) is 5.91 Å². The van der Waals surface area contributed by atoms with Crippen LogP contribution < -0.4 is 5.32 Å². The Morgan fingerprint density at radius 3 is 2.84 bits per heavy atom. The number of aryl methyl sites for hydroxylation is 2. The van der Waals surface area contributed by atoms with Crippen LogP contribution in [-0.4, -0.2) is 21.9 Å². The second-order valence-corrected chi connectivity index (χ2v) is 5.37. The Kier molecular flexibility index (Phi) is 4.63. The number of thioether (sulfide) groups is 1. The van der Waals surface area contributed by atoms with Crippen LogP contribution >= 0.6 is 11.8 Å². The van der Waals surface area contributed by atoms with Gasteiger partial charge in [0.15, 0.2) is 0 Å². The summed E-state index contributed by atoms with van der Waals surface area (Å²) in [5.41, 5.74) is 3.21. The third-order valence-electron chi connectivity index (χ3n) is 2.86. The van der Waals surface area contributed by atoms with E-state index in [0.29, 0.717) is 12.3 Å². The van der Waals surface area contributed by atoms with Gasteiger partial charge in [0, 0.05) is 22.7 Å². The minimum atomic E-state index is 0.0360. The molecule has 0 radical (unpaired) electrons. The highest BCUT2D eigenvalue weighted by atomic mass is 32.2. The van der Waals surface area contributed by atoms with E-state index in [0.717, 1.165) is 16.2 Å². The molecule has 2 aromatic rings. The van der Waals surface area contributed by atoms with E-state index < -0.39 is 0 Å². The van der Waals surface area contributed by atoms with Crippen molar-refractivity contribution in [1.82, 2.24) is 15.5 Å². The lowest BCUT2D eigenvalue weighted by Gasteiger charge is -2.06. The van der Waals surface area contributed by atoms with Crippen LogP contribution in [-0.2, 0) is 11.3 Å². The topological polar surface area (TPSA) is 57.8 Å². The lowest BCUT2D eigenvalue weighted by atomic mass is 10.2. The monoisotopic (exact) mass is 275 g/mol. The Morgan fingerprint density at radius 1 is 1.37 bits per heavy atom. The van der Waals surface area contributed by atoms with E-state index >= 15 is 0 Å². The first-order chi connectivity index (χ1) is 9.16. The molecule has 2 N–H and O–H groups in total. The number of nitrogens with one attached hydrogen (secondary N) is 2. The van der Waals surface area contributed by atoms with E-state index in [9.17, 15) is 4.79 Å². The Morgan fingerprint density at radius 2 is 2.16 bits per heavy atom. The lowest BCUT2D eigenvalue weighted by molar-refractivity contribution is -0.118. The molecule has 0 bridgehead atoms. The van der Waals surface area contributed by atoms with Gasteiger partial charge in [-0.15, -0.1) is 11.8 Å². The molecule has 1 heterocycles. The molecule has 0 aliphatic heterocycles. The minimum Gasteiger partial charge on any atom is -0.351 e. The van der Waals surface area contributed by atoms with Crippen LogP contribution in [0.3, 0.4) is 0 Å². The van der Waals surface area contributed by atoms with Crippen molar-refractivity contribution in [2.75, 3.05) is 5.75 Å². The van der Waals surface area contributed by atoms with E-state index in [1.807, 2.05) is 25.1 Å². The Bertz CT molecular complexity index is 565. The third-order valence-corrected chi connectivity index (χ3v) is 4.04. The van der Waals surface area contributed by atoms with Gasteiger partial charge < -0.3 is 5.32 Å². The molecule has 0 fully saturated rings. The number of aromatic amines is 1. The van der Waals surface area contributed by atoms with Gasteiger partial charge in [-0.3, -0.25) is 9.89 Å². The minimum absolute atomic E-state index is 0.0360. The quantitative estimate of drug-likeness (QED) is 0.824. The van der Waals surface area contributed by atoms with E-state index in [2.05, 4.69) is 28.5 Å². The fourth-order valence-electron chi connectivity index (χ4n) is 1.66. The predicted molar refractivity (Wildman–Crippen MR) is 77.1 cm³/mol. The van der Waals surface area contributed by atoms with Crippen molar-refractivity contribution in [3.8, 4) is 0 Å². The van der Waals surface area contributed by atoms with Crippen molar-refractivity contribution in [2.24, 2.45) is 0 Å². The Balaban J connectivity index is 1.79. The van der Waals surface area contributed by atoms with E-state index in [1.54, 1.807) is 18.0 Å². The number of H-pyrrole nitrogens is 1. The number of rotatable bonds is 5. The summed E-state index contributed by atoms with van der Waals surface area (Å²) >= 11 is 1.56. The van der Waals surface area contributed by atoms with Crippen LogP contribution in [0.25, 0.3) is 0 Å². The molecule has 1 aromatic carbocycles. The number of nitrogens with zero attached hydrogens (tertiary/aromatic N) is 1. The second-order valence-electron chi connectivity index (χ2n) is 4.35. The predicted octanol–water partition coefficient (Wildman–Crippen LogP) is 2.44. The van der Waals surface area contributed by atoms with Gasteiger partial charge in [0.25, 0.3) is 0 Å². The molecule has 100 valence electrons. The first-order valence-electron chi connectivity index (χ1n) is 6.11. The summed E-state index contributed by atoms with van der Waals surface area (Å²) in [6.07, 6.45) is 1.74. The van der Waals surface area contributed by atoms with Gasteiger partial charge in [0.1, 0.15) is 0 Å². The molecule has 0 saturated carbocycles. The number of hydrogen-bond donors (Lipinski definition) is 2. The highest BCUT2D eigenvalue weighted by Gasteiger charge is 2.06. The Hall–Kier alpha value is -1.75. The van der Waals surface area contributed by atoms with Crippen molar-refractivity contribution in [2.45, 2.75) is 25.3 Å². The summed E-state index contributed by atoms with van der Waals surface area (Å²) in [4.78, 5) is 12.9. The van der Waals surface area contributed by atoms with E-state index in [-0.39, 0.29) is 5.91 Å². The van der Waals surface area contributed by atoms with Crippen LogP contribution in [0.15, 0.2) is 35.4 Å². The summed E-state index contributed by atoms with van der Waals surface area (Å²) in [6, 6.07) is 8.08. The standard InChI is InChI=1S/C14H17N3OS/c1-10-5-3-4-6-13(10)19-9-14(18)15-7-12-8-16-17-11(12)2/h3-6,8H,7,9H2,1-2H3,(H,15,18)(H,16,17). The van der Waals surface area contributed by atoms with Gasteiger partial charge in [-0.05, 0) is 25.5 Å². The molecule has 0 saturated heterocycles. The molecule has 0 aliphatic rings. The van der Waals surface area contributed by atoms with Crippen molar-refractivity contribution in [3.05, 3.63) is 47.3 Å². The number of benzene rings is 1. The smallest absolute Gasteiger partial charge is 0.230 e. The first-order valence-corrected chi connectivity index (χ1v) is 7.09. The van der Waals surface area contributed by atoms with Gasteiger partial charge in [0.05, 0.1) is 11.9 Å². The summed E-state index contributed by atoms with van der Waals surface area (Å²) in [6.45, 7) is 4.52. The number of amides is 1. The fourth-order valence-corrected chi connectivity index (χ4v) is 2.52. The van der Waals surface area contributed by atoms with Crippen LogP contribution in [0.2, 0.25) is 0 Å². The zero-order valence-corrected chi connectivity index (χ0v) is 11.9. The van der Waals surface area contributed by atoms with Crippen molar-refractivity contribution < 1.29 is 4.79 Å². The van der Waals surface area contributed by atoms with Crippen LogP contribution in [0, 0.1) is 13.8 Å². The molecule has 19 heavy (non-hydrogen) atoms. The fraction of sp³-hybridized carbons (Fsp3) is 0.286. The van der Waals surface area contributed by atoms with Crippen LogP contribution in [0.5, 0.6) is 0 Å². The van der Waals surface area contributed by atoms with Gasteiger partial charge in [-0.2, -0.15) is 5.10 Å². The molecule has 0 spiro atoms. The highest BCUT2D eigenvalue weighted by Crippen LogP contribution is 2.21. The van der Waals surface area contributed by atoms with E-state index in [4.69, 9.17) is 0 Å². The van der Waals surface area contributed by atoms with Gasteiger partial charge in [-0.25, -0.2) is 0 Å². The average Bonchev–Trinajstić information content (AvgIpc) is 2.81. The molecule has 1 amide bonds. The van der Waals surface area contributed by atoms with Crippen molar-refractivity contribution in [1.29, 1.82) is 0 Å². The molecule has 2 rings (SSSR count). The number of carbonyl (C=O) groups is 1. The maximum absolute atomic E-state index is 11.8. The Labute approximate surface area is 117 Å². The molecule has 0 atom stereocenters. The summed E-state index contributed by atoms with van der Waals surface area (Å²) < 4.78 is 0. The third kappa shape index (κ3) is 3.86. The molecular weight excluding hydrogens is 258 g/mol. The molecule has 5 heteroatoms. The average molecular weight is 275 g/mol. The van der Waals surface area contributed by atoms with E-state index in [1.165, 1.54) is 5.56 Å². The SMILES string of the molecule is Cc1ccccc1SCC(=O)NCc1cn[nH]c1C. The summed E-state index contributed by atoms with van der Waals surface area (Å²) in [5, 5.41) is 9.67. The number of carbonyl (C=O) groups excluding carboxylic acids is 1. The maximum atomic E-state index is 11.8. The zero-order valence-electron chi connectivity index (χ0n) is 11.1. The largest absolute Gasteiger partial charge is 0.351 e. The molecule has 1 aromatic heterocycles. The normalized spacial score (nSPS) is 10.4. The first kappa shape index (κ1) is 13.7. The number of aromatic nitrogens is 2. The summed E-state index contributed by atoms with van der Waals surface area (Å²) in [7, 11) is 0. The van der Waals surface area contributed by atoms with Gasteiger partial charge in [-0.1, -0.05) is 18.2 Å². The van der Waals surface area contributed by atoms with Crippen molar-refractivity contribution >= 4 is 17.7 Å².